The number of aromatic nitrogens is 1. The summed E-state index contributed by atoms with van der Waals surface area (Å²) in [6.45, 7) is 5.01. The van der Waals surface area contributed by atoms with Crippen molar-refractivity contribution in [3.8, 4) is 11.8 Å². The molecular weight excluding hydrogens is 334 g/mol. The van der Waals surface area contributed by atoms with Crippen LogP contribution in [-0.2, 0) is 11.4 Å². The molecule has 0 unspecified atom stereocenters. The lowest BCUT2D eigenvalue weighted by Gasteiger charge is -2.05. The molecule has 5 nitrogen and oxygen atoms in total. The Morgan fingerprint density at radius 3 is 2.76 bits per heavy atom. The van der Waals surface area contributed by atoms with Gasteiger partial charge in [0, 0.05) is 11.9 Å². The minimum Gasteiger partial charge on any atom is -0.487 e. The van der Waals surface area contributed by atoms with Crippen LogP contribution in [-0.4, -0.2) is 17.4 Å². The van der Waals surface area contributed by atoms with Crippen LogP contribution in [0.4, 0.5) is 0 Å². The summed E-state index contributed by atoms with van der Waals surface area (Å²) < 4.78 is 5.68. The van der Waals surface area contributed by atoms with Gasteiger partial charge in [-0.15, -0.1) is 11.3 Å². The lowest BCUT2D eigenvalue weighted by atomic mass is 10.1. The quantitative estimate of drug-likeness (QED) is 0.443. The third-order valence-corrected chi connectivity index (χ3v) is 4.25. The van der Waals surface area contributed by atoms with E-state index in [0.29, 0.717) is 18.9 Å². The van der Waals surface area contributed by atoms with E-state index >= 15 is 0 Å². The number of thiazole rings is 1. The number of nitrogens with one attached hydrogen (secondary N) is 1. The monoisotopic (exact) mass is 355 g/mol. The van der Waals surface area contributed by atoms with Crippen molar-refractivity contribution >= 4 is 23.3 Å². The zero-order valence-corrected chi connectivity index (χ0v) is 15.2. The summed E-state index contributed by atoms with van der Waals surface area (Å²) >= 11 is 1.59. The molecule has 25 heavy (non-hydrogen) atoms. The van der Waals surface area contributed by atoms with Crippen LogP contribution in [0.1, 0.15) is 36.0 Å². The first-order chi connectivity index (χ1) is 12.1. The van der Waals surface area contributed by atoms with Gasteiger partial charge in [-0.25, -0.2) is 4.98 Å². The van der Waals surface area contributed by atoms with E-state index in [1.807, 2.05) is 49.6 Å². The van der Waals surface area contributed by atoms with E-state index in [0.717, 1.165) is 29.1 Å². The van der Waals surface area contributed by atoms with Gasteiger partial charge in [-0.1, -0.05) is 25.5 Å². The first-order valence-corrected chi connectivity index (χ1v) is 9.04. The first-order valence-electron chi connectivity index (χ1n) is 8.16. The summed E-state index contributed by atoms with van der Waals surface area (Å²) in [6, 6.07) is 9.22. The SMILES string of the molecule is CCCCNC(=O)/C(C#N)=C/c1ccc(OCc2csc(C)n2)cc1. The lowest BCUT2D eigenvalue weighted by Crippen LogP contribution is -2.25. The highest BCUT2D eigenvalue weighted by atomic mass is 32.1. The Labute approximate surface area is 152 Å². The van der Waals surface area contributed by atoms with Gasteiger partial charge in [0.15, 0.2) is 0 Å². The predicted octanol–water partition coefficient (Wildman–Crippen LogP) is 3.85. The maximum Gasteiger partial charge on any atom is 0.261 e. The number of nitriles is 1. The van der Waals surface area contributed by atoms with Crippen LogP contribution in [0.5, 0.6) is 5.75 Å². The van der Waals surface area contributed by atoms with Crippen molar-refractivity contribution in [1.82, 2.24) is 10.3 Å². The minimum absolute atomic E-state index is 0.0997. The molecule has 0 saturated heterocycles. The first kappa shape index (κ1) is 18.7. The maximum absolute atomic E-state index is 11.9. The lowest BCUT2D eigenvalue weighted by molar-refractivity contribution is -0.117. The highest BCUT2D eigenvalue weighted by Crippen LogP contribution is 2.17. The van der Waals surface area contributed by atoms with Gasteiger partial charge in [0.2, 0.25) is 0 Å². The van der Waals surface area contributed by atoms with E-state index in [1.165, 1.54) is 0 Å². The van der Waals surface area contributed by atoms with Crippen molar-refractivity contribution in [3.05, 3.63) is 51.5 Å². The highest BCUT2D eigenvalue weighted by molar-refractivity contribution is 7.09. The normalized spacial score (nSPS) is 11.0. The third kappa shape index (κ3) is 6.05. The van der Waals surface area contributed by atoms with Crippen LogP contribution < -0.4 is 10.1 Å². The number of carbonyl (C=O) groups excluding carboxylic acids is 1. The summed E-state index contributed by atoms with van der Waals surface area (Å²) in [5.41, 5.74) is 1.78. The van der Waals surface area contributed by atoms with Gasteiger partial charge < -0.3 is 10.1 Å². The Morgan fingerprint density at radius 1 is 1.40 bits per heavy atom. The Morgan fingerprint density at radius 2 is 2.16 bits per heavy atom. The molecule has 0 fully saturated rings. The standard InChI is InChI=1S/C19H21N3O2S/c1-3-4-9-21-19(23)16(11-20)10-15-5-7-18(8-6-15)24-12-17-13-25-14(2)22-17/h5-8,10,13H,3-4,9,12H2,1-2H3,(H,21,23)/b16-10+. The molecule has 1 aromatic carbocycles. The molecule has 1 aromatic heterocycles. The number of amides is 1. The molecule has 0 aliphatic heterocycles. The number of carbonyl (C=O) groups is 1. The van der Waals surface area contributed by atoms with Crippen LogP contribution >= 0.6 is 11.3 Å². The van der Waals surface area contributed by atoms with E-state index in [-0.39, 0.29) is 11.5 Å². The van der Waals surface area contributed by atoms with Crippen LogP contribution in [0.25, 0.3) is 6.08 Å². The van der Waals surface area contributed by atoms with Crippen molar-refractivity contribution in [2.45, 2.75) is 33.3 Å². The fraction of sp³-hybridized carbons (Fsp3) is 0.316. The molecule has 0 atom stereocenters. The number of hydrogen-bond acceptors (Lipinski definition) is 5. The van der Waals surface area contributed by atoms with E-state index in [9.17, 15) is 10.1 Å². The molecular formula is C19H21N3O2S. The van der Waals surface area contributed by atoms with Gasteiger partial charge in [0.05, 0.1) is 10.7 Å². The molecule has 0 saturated carbocycles. The molecule has 2 aromatic rings. The molecule has 0 spiro atoms. The Hall–Kier alpha value is -2.65. The topological polar surface area (TPSA) is 75.0 Å². The second-order valence-corrected chi connectivity index (χ2v) is 6.56. The Kier molecular flexibility index (Phi) is 7.17. The predicted molar refractivity (Wildman–Crippen MR) is 99.1 cm³/mol. The number of ether oxygens (including phenoxy) is 1. The third-order valence-electron chi connectivity index (χ3n) is 3.43. The fourth-order valence-electron chi connectivity index (χ4n) is 2.08. The van der Waals surface area contributed by atoms with Crippen molar-refractivity contribution in [2.24, 2.45) is 0 Å². The molecule has 1 N–H and O–H groups in total. The molecule has 6 heteroatoms. The number of nitrogens with zero attached hydrogens (tertiary/aromatic N) is 2. The molecule has 0 aliphatic carbocycles. The van der Waals surface area contributed by atoms with E-state index < -0.39 is 0 Å². The maximum atomic E-state index is 11.9. The molecule has 0 radical (unpaired) electrons. The average Bonchev–Trinajstić information content (AvgIpc) is 3.04. The Bertz CT molecular complexity index is 773. The molecule has 2 rings (SSSR count). The summed E-state index contributed by atoms with van der Waals surface area (Å²) in [4.78, 5) is 16.3. The minimum atomic E-state index is -0.338. The number of rotatable bonds is 8. The van der Waals surface area contributed by atoms with Gasteiger partial charge in [-0.05, 0) is 37.1 Å². The van der Waals surface area contributed by atoms with Gasteiger partial charge in [0.25, 0.3) is 5.91 Å². The van der Waals surface area contributed by atoms with Crippen molar-refractivity contribution in [2.75, 3.05) is 6.54 Å². The summed E-state index contributed by atoms with van der Waals surface area (Å²) in [5.74, 6) is 0.379. The van der Waals surface area contributed by atoms with Gasteiger partial charge in [-0.2, -0.15) is 5.26 Å². The molecule has 130 valence electrons. The summed E-state index contributed by atoms with van der Waals surface area (Å²) in [5, 5.41) is 14.9. The largest absolute Gasteiger partial charge is 0.487 e. The molecule has 0 aliphatic rings. The summed E-state index contributed by atoms with van der Waals surface area (Å²) in [6.07, 6.45) is 3.47. The molecule has 0 bridgehead atoms. The van der Waals surface area contributed by atoms with E-state index in [4.69, 9.17) is 4.74 Å². The molecule has 1 heterocycles. The second-order valence-electron chi connectivity index (χ2n) is 5.49. The van der Waals surface area contributed by atoms with Crippen LogP contribution in [0, 0.1) is 18.3 Å². The van der Waals surface area contributed by atoms with Gasteiger partial charge in [0.1, 0.15) is 24.0 Å². The fourth-order valence-corrected chi connectivity index (χ4v) is 2.68. The molecule has 1 amide bonds. The van der Waals surface area contributed by atoms with Gasteiger partial charge in [-0.3, -0.25) is 4.79 Å². The zero-order valence-electron chi connectivity index (χ0n) is 14.4. The zero-order chi connectivity index (χ0) is 18.1. The second kappa shape index (κ2) is 9.60. The van der Waals surface area contributed by atoms with Crippen molar-refractivity contribution in [3.63, 3.8) is 0 Å². The van der Waals surface area contributed by atoms with Crippen LogP contribution in [0.15, 0.2) is 35.2 Å². The van der Waals surface area contributed by atoms with Gasteiger partial charge >= 0.3 is 0 Å². The van der Waals surface area contributed by atoms with Crippen LogP contribution in [0.3, 0.4) is 0 Å². The number of unbranched alkanes of at least 4 members (excludes halogenated alkanes) is 1. The smallest absolute Gasteiger partial charge is 0.261 e. The summed E-state index contributed by atoms with van der Waals surface area (Å²) in [7, 11) is 0. The average molecular weight is 355 g/mol. The van der Waals surface area contributed by atoms with Crippen molar-refractivity contribution < 1.29 is 9.53 Å². The number of aryl methyl sites for hydroxylation is 1. The van der Waals surface area contributed by atoms with Crippen LogP contribution in [0.2, 0.25) is 0 Å². The van der Waals surface area contributed by atoms with Crippen molar-refractivity contribution in [1.29, 1.82) is 5.26 Å². The van der Waals surface area contributed by atoms with E-state index in [1.54, 1.807) is 17.4 Å². The van der Waals surface area contributed by atoms with E-state index in [2.05, 4.69) is 10.3 Å². The Balaban J connectivity index is 1.95. The number of hydrogen-bond donors (Lipinski definition) is 1. The highest BCUT2D eigenvalue weighted by Gasteiger charge is 2.08. The number of benzene rings is 1.